The Morgan fingerprint density at radius 2 is 1.10 bits per heavy atom. The van der Waals surface area contributed by atoms with E-state index in [0.29, 0.717) is 12.4 Å². The minimum Gasteiger partial charge on any atom is -0.497 e. The first-order chi connectivity index (χ1) is 20.4. The van der Waals surface area contributed by atoms with E-state index in [4.69, 9.17) is 37.9 Å². The molecule has 1 aliphatic heterocycles. The number of aliphatic hydroxyl groups excluding tert-OH is 1. The Labute approximate surface area is 246 Å². The predicted octanol–water partition coefficient (Wildman–Crippen LogP) is 4.05. The maximum absolute atomic E-state index is 12.0. The number of hydrogen-bond acceptors (Lipinski definition) is 10. The van der Waals surface area contributed by atoms with Crippen molar-refractivity contribution in [1.29, 1.82) is 0 Å². The smallest absolute Gasteiger partial charge is 0.303 e. The molecule has 10 nitrogen and oxygen atoms in total. The van der Waals surface area contributed by atoms with Crippen LogP contribution in [0.2, 0.25) is 0 Å². The summed E-state index contributed by atoms with van der Waals surface area (Å²) in [6.45, 7) is 2.03. The fourth-order valence-corrected chi connectivity index (χ4v) is 4.58. The molecule has 0 aromatic heterocycles. The summed E-state index contributed by atoms with van der Waals surface area (Å²) in [5, 5.41) is 10.9. The lowest BCUT2D eigenvalue weighted by atomic mass is 9.98. The van der Waals surface area contributed by atoms with Crippen molar-refractivity contribution >= 4 is 5.97 Å². The highest BCUT2D eigenvalue weighted by molar-refractivity contribution is 5.66. The van der Waals surface area contributed by atoms with Crippen LogP contribution in [0.3, 0.4) is 0 Å². The topological polar surface area (TPSA) is 111 Å². The van der Waals surface area contributed by atoms with Crippen LogP contribution in [-0.2, 0) is 48.3 Å². The first-order valence-electron chi connectivity index (χ1n) is 13.6. The molecule has 0 aliphatic carbocycles. The molecule has 0 bridgehead atoms. The van der Waals surface area contributed by atoms with Gasteiger partial charge in [-0.15, -0.1) is 0 Å². The molecule has 10 heteroatoms. The molecule has 3 aromatic rings. The lowest BCUT2D eigenvalue weighted by Gasteiger charge is -2.44. The number of aliphatic hydroxyl groups is 1. The van der Waals surface area contributed by atoms with E-state index in [1.165, 1.54) is 6.92 Å². The van der Waals surface area contributed by atoms with Gasteiger partial charge < -0.3 is 43.0 Å². The lowest BCUT2D eigenvalue weighted by molar-refractivity contribution is -0.309. The Bertz CT molecular complexity index is 1230. The van der Waals surface area contributed by atoms with Gasteiger partial charge in [-0.1, -0.05) is 36.4 Å². The van der Waals surface area contributed by atoms with Crippen LogP contribution in [0.1, 0.15) is 23.6 Å². The zero-order valence-electron chi connectivity index (χ0n) is 24.3. The zero-order chi connectivity index (χ0) is 29.9. The van der Waals surface area contributed by atoms with Crippen molar-refractivity contribution in [2.75, 3.05) is 27.9 Å². The summed E-state index contributed by atoms with van der Waals surface area (Å²) in [6.07, 6.45) is -4.93. The molecule has 1 heterocycles. The second-order valence-corrected chi connectivity index (χ2v) is 9.75. The summed E-state index contributed by atoms with van der Waals surface area (Å²) in [5.41, 5.74) is 2.69. The summed E-state index contributed by atoms with van der Waals surface area (Å²) >= 11 is 0. The van der Waals surface area contributed by atoms with Gasteiger partial charge in [0.05, 0.1) is 47.8 Å². The van der Waals surface area contributed by atoms with Crippen LogP contribution < -0.4 is 14.2 Å². The quantitative estimate of drug-likeness (QED) is 0.280. The van der Waals surface area contributed by atoms with Gasteiger partial charge in [0.15, 0.2) is 12.4 Å². The van der Waals surface area contributed by atoms with E-state index in [9.17, 15) is 9.90 Å². The largest absolute Gasteiger partial charge is 0.497 e. The summed E-state index contributed by atoms with van der Waals surface area (Å²) in [5.74, 6) is 1.61. The Morgan fingerprint density at radius 3 is 1.52 bits per heavy atom. The van der Waals surface area contributed by atoms with Crippen molar-refractivity contribution in [2.24, 2.45) is 0 Å². The molecular weight excluding hydrogens is 544 g/mol. The molecule has 1 aliphatic rings. The van der Waals surface area contributed by atoms with Crippen LogP contribution in [-0.4, -0.2) is 69.7 Å². The Kier molecular flexibility index (Phi) is 11.6. The second-order valence-electron chi connectivity index (χ2n) is 9.75. The van der Waals surface area contributed by atoms with Gasteiger partial charge in [0.25, 0.3) is 0 Å². The van der Waals surface area contributed by atoms with E-state index in [1.54, 1.807) is 21.3 Å². The van der Waals surface area contributed by atoms with Crippen LogP contribution in [0.4, 0.5) is 0 Å². The third-order valence-corrected chi connectivity index (χ3v) is 6.82. The van der Waals surface area contributed by atoms with Gasteiger partial charge in [0, 0.05) is 6.92 Å². The van der Waals surface area contributed by atoms with E-state index in [1.807, 2.05) is 72.8 Å². The van der Waals surface area contributed by atoms with Crippen LogP contribution in [0.25, 0.3) is 0 Å². The number of rotatable bonds is 14. The molecule has 1 N–H and O–H groups in total. The van der Waals surface area contributed by atoms with Crippen LogP contribution in [0, 0.1) is 0 Å². The second kappa shape index (κ2) is 15.5. The van der Waals surface area contributed by atoms with Gasteiger partial charge in [-0.25, -0.2) is 0 Å². The minimum atomic E-state index is -1.45. The molecule has 42 heavy (non-hydrogen) atoms. The number of benzene rings is 3. The Balaban J connectivity index is 1.53. The first-order valence-corrected chi connectivity index (χ1v) is 13.6. The Hall–Kier alpha value is -3.67. The van der Waals surface area contributed by atoms with Gasteiger partial charge in [0.2, 0.25) is 0 Å². The highest BCUT2D eigenvalue weighted by Crippen LogP contribution is 2.30. The average Bonchev–Trinajstić information content (AvgIpc) is 3.01. The molecule has 3 aromatic carbocycles. The molecule has 1 saturated heterocycles. The summed E-state index contributed by atoms with van der Waals surface area (Å²) in [6, 6.07) is 22.4. The van der Waals surface area contributed by atoms with E-state index >= 15 is 0 Å². The van der Waals surface area contributed by atoms with Crippen molar-refractivity contribution in [1.82, 2.24) is 0 Å². The van der Waals surface area contributed by atoms with Crippen LogP contribution in [0.5, 0.6) is 17.2 Å². The molecule has 5 atom stereocenters. The molecule has 0 saturated carbocycles. The lowest BCUT2D eigenvalue weighted by Crippen LogP contribution is -2.61. The number of carbonyl (C=O) groups is 1. The minimum absolute atomic E-state index is 0.0888. The number of hydrogen-bond donors (Lipinski definition) is 1. The Morgan fingerprint density at radius 1 is 0.667 bits per heavy atom. The van der Waals surface area contributed by atoms with Gasteiger partial charge in [-0.05, 0) is 53.1 Å². The van der Waals surface area contributed by atoms with Gasteiger partial charge in [0.1, 0.15) is 35.6 Å². The average molecular weight is 583 g/mol. The monoisotopic (exact) mass is 582 g/mol. The van der Waals surface area contributed by atoms with Crippen molar-refractivity contribution < 1.29 is 47.8 Å². The molecule has 1 fully saturated rings. The van der Waals surface area contributed by atoms with E-state index in [0.717, 1.165) is 28.2 Å². The van der Waals surface area contributed by atoms with E-state index in [2.05, 4.69) is 0 Å². The third kappa shape index (κ3) is 8.67. The van der Waals surface area contributed by atoms with Crippen LogP contribution >= 0.6 is 0 Å². The fourth-order valence-electron chi connectivity index (χ4n) is 4.58. The molecular formula is C32H38O10. The van der Waals surface area contributed by atoms with Gasteiger partial charge in [-0.3, -0.25) is 4.79 Å². The zero-order valence-corrected chi connectivity index (χ0v) is 24.3. The van der Waals surface area contributed by atoms with E-state index < -0.39 is 36.7 Å². The highest BCUT2D eigenvalue weighted by atomic mass is 16.7. The molecule has 226 valence electrons. The van der Waals surface area contributed by atoms with Crippen molar-refractivity contribution in [3.05, 3.63) is 89.5 Å². The fraction of sp³-hybridized carbons (Fsp3) is 0.406. The molecule has 0 radical (unpaired) electrons. The molecule has 1 unspecified atom stereocenters. The summed E-state index contributed by atoms with van der Waals surface area (Å²) < 4.78 is 45.8. The van der Waals surface area contributed by atoms with Gasteiger partial charge >= 0.3 is 5.97 Å². The number of carbonyl (C=O) groups excluding carboxylic acids is 1. The number of ether oxygens (including phenoxy) is 8. The van der Waals surface area contributed by atoms with Crippen molar-refractivity contribution in [3.63, 3.8) is 0 Å². The number of methoxy groups -OCH3 is 3. The standard InChI is InChI=1S/C32H38O10/c1-21(33)41-31-30(40-19-24-9-15-27(37-4)16-10-24)29(39-18-23-7-13-26(36-3)14-8-23)28(42-32(31)34)20-38-17-22-5-11-25(35-2)12-6-22/h5-16,28-32,34H,17-20H2,1-4H3/t28-,29-,30+,31+,32?/m1/s1. The summed E-state index contributed by atoms with van der Waals surface area (Å²) in [7, 11) is 4.81. The molecule has 0 spiro atoms. The molecule has 4 rings (SSSR count). The predicted molar refractivity (Wildman–Crippen MR) is 152 cm³/mol. The summed E-state index contributed by atoms with van der Waals surface area (Å²) in [4.78, 5) is 12.0. The first kappa shape index (κ1) is 31.3. The molecule has 0 amide bonds. The maximum atomic E-state index is 12.0. The normalized spacial score (nSPS) is 21.9. The maximum Gasteiger partial charge on any atom is 0.303 e. The SMILES string of the molecule is COc1ccc(COC[C@H]2OC(O)[C@@H](OC(C)=O)[C@@H](OCc3ccc(OC)cc3)[C@@H]2OCc2ccc(OC)cc2)cc1. The number of esters is 1. The highest BCUT2D eigenvalue weighted by Gasteiger charge is 2.49. The van der Waals surface area contributed by atoms with Crippen molar-refractivity contribution in [2.45, 2.75) is 57.5 Å². The third-order valence-electron chi connectivity index (χ3n) is 6.82. The van der Waals surface area contributed by atoms with Gasteiger partial charge in [-0.2, -0.15) is 0 Å². The van der Waals surface area contributed by atoms with E-state index in [-0.39, 0.29) is 19.8 Å². The van der Waals surface area contributed by atoms with Crippen LogP contribution in [0.15, 0.2) is 72.8 Å². The van der Waals surface area contributed by atoms with Crippen molar-refractivity contribution in [3.8, 4) is 17.2 Å².